The molecule has 0 saturated carbocycles. The average Bonchev–Trinajstić information content (AvgIpc) is 2.73. The van der Waals surface area contributed by atoms with Gasteiger partial charge >= 0.3 is 0 Å². The van der Waals surface area contributed by atoms with Gasteiger partial charge in [-0.3, -0.25) is 4.79 Å². The summed E-state index contributed by atoms with van der Waals surface area (Å²) < 4.78 is 0. The summed E-state index contributed by atoms with van der Waals surface area (Å²) in [6, 6.07) is 18.3. The first-order valence-electron chi connectivity index (χ1n) is 10.0. The second-order valence-corrected chi connectivity index (χ2v) is 7.93. The van der Waals surface area contributed by atoms with Gasteiger partial charge in [0.05, 0.1) is 16.8 Å². The van der Waals surface area contributed by atoms with E-state index in [1.807, 2.05) is 35.2 Å². The third-order valence-corrected chi connectivity index (χ3v) is 5.86. The number of amides is 1. The van der Waals surface area contributed by atoms with Gasteiger partial charge in [0.2, 0.25) is 0 Å². The van der Waals surface area contributed by atoms with Gasteiger partial charge in [0.25, 0.3) is 5.91 Å². The maximum atomic E-state index is 13.4. The Hall–Kier alpha value is -2.72. The molecule has 4 nitrogen and oxygen atoms in total. The highest BCUT2D eigenvalue weighted by atomic mass is 16.2. The number of pyridine rings is 1. The lowest BCUT2D eigenvalue weighted by atomic mass is 9.90. The standard InChI is InChI=1S/C24H27N3O/c1-16-7-9-19(10-8-16)23-15-21(20-5-3-4-6-22(20)26-23)24(28)27-13-11-18(12-14-27)17(2)25/h3-10,15,17-18H,11-14,25H2,1-2H3. The van der Waals surface area contributed by atoms with E-state index in [9.17, 15) is 4.79 Å². The fourth-order valence-corrected chi connectivity index (χ4v) is 4.02. The van der Waals surface area contributed by atoms with Gasteiger partial charge in [0, 0.05) is 30.1 Å². The third kappa shape index (κ3) is 3.65. The van der Waals surface area contributed by atoms with Crippen LogP contribution in [-0.2, 0) is 0 Å². The zero-order valence-corrected chi connectivity index (χ0v) is 16.6. The average molecular weight is 374 g/mol. The first-order valence-corrected chi connectivity index (χ1v) is 10.0. The molecule has 1 unspecified atom stereocenters. The van der Waals surface area contributed by atoms with Crippen LogP contribution in [0.2, 0.25) is 0 Å². The zero-order valence-electron chi connectivity index (χ0n) is 16.6. The summed E-state index contributed by atoms with van der Waals surface area (Å²) in [6.07, 6.45) is 1.94. The number of nitrogens with two attached hydrogens (primary N) is 1. The van der Waals surface area contributed by atoms with Gasteiger partial charge in [-0.1, -0.05) is 48.0 Å². The molecule has 2 aromatic carbocycles. The van der Waals surface area contributed by atoms with Crippen LogP contribution >= 0.6 is 0 Å². The Morgan fingerprint density at radius 3 is 2.46 bits per heavy atom. The number of fused-ring (bicyclic) bond motifs is 1. The summed E-state index contributed by atoms with van der Waals surface area (Å²) >= 11 is 0. The SMILES string of the molecule is Cc1ccc(-c2cc(C(=O)N3CCC(C(C)N)CC3)c3ccccc3n2)cc1. The van der Waals surface area contributed by atoms with E-state index in [4.69, 9.17) is 10.7 Å². The molecule has 1 saturated heterocycles. The molecule has 1 atom stereocenters. The summed E-state index contributed by atoms with van der Waals surface area (Å²) in [4.78, 5) is 20.2. The summed E-state index contributed by atoms with van der Waals surface area (Å²) in [7, 11) is 0. The largest absolute Gasteiger partial charge is 0.339 e. The van der Waals surface area contributed by atoms with Crippen LogP contribution in [-0.4, -0.2) is 34.9 Å². The second-order valence-electron chi connectivity index (χ2n) is 7.93. The summed E-state index contributed by atoms with van der Waals surface area (Å²) in [5.74, 6) is 0.594. The maximum absolute atomic E-state index is 13.4. The lowest BCUT2D eigenvalue weighted by Gasteiger charge is -2.34. The van der Waals surface area contributed by atoms with Crippen molar-refractivity contribution in [1.82, 2.24) is 9.88 Å². The topological polar surface area (TPSA) is 59.2 Å². The van der Waals surface area contributed by atoms with Crippen molar-refractivity contribution in [2.75, 3.05) is 13.1 Å². The molecule has 0 aliphatic carbocycles. The number of hydrogen-bond acceptors (Lipinski definition) is 3. The lowest BCUT2D eigenvalue weighted by molar-refractivity contribution is 0.0683. The van der Waals surface area contributed by atoms with E-state index in [0.717, 1.165) is 53.7 Å². The number of hydrogen-bond donors (Lipinski definition) is 1. The molecule has 0 spiro atoms. The van der Waals surface area contributed by atoms with Gasteiger partial charge in [-0.25, -0.2) is 4.98 Å². The van der Waals surface area contributed by atoms with Crippen LogP contribution in [0.3, 0.4) is 0 Å². The number of carbonyl (C=O) groups is 1. The molecular formula is C24H27N3O. The van der Waals surface area contributed by atoms with Gasteiger partial charge in [-0.2, -0.15) is 0 Å². The van der Waals surface area contributed by atoms with E-state index in [0.29, 0.717) is 5.92 Å². The molecule has 4 heteroatoms. The number of rotatable bonds is 3. The van der Waals surface area contributed by atoms with Gasteiger partial charge in [0.15, 0.2) is 0 Å². The molecule has 0 radical (unpaired) electrons. The van der Waals surface area contributed by atoms with Crippen molar-refractivity contribution >= 4 is 16.8 Å². The predicted octanol–water partition coefficient (Wildman–Crippen LogP) is 4.41. The van der Waals surface area contributed by atoms with Crippen molar-refractivity contribution in [1.29, 1.82) is 0 Å². The Morgan fingerprint density at radius 2 is 1.79 bits per heavy atom. The van der Waals surface area contributed by atoms with Crippen molar-refractivity contribution < 1.29 is 4.79 Å². The van der Waals surface area contributed by atoms with Gasteiger partial charge in [-0.05, 0) is 44.7 Å². The molecule has 1 aliphatic rings. The number of nitrogens with zero attached hydrogens (tertiary/aromatic N) is 2. The molecule has 1 aromatic heterocycles. The molecule has 2 heterocycles. The molecule has 1 fully saturated rings. The molecule has 4 rings (SSSR count). The van der Waals surface area contributed by atoms with Crippen LogP contribution < -0.4 is 5.73 Å². The van der Waals surface area contributed by atoms with E-state index in [2.05, 4.69) is 38.1 Å². The Kier molecular flexibility index (Phi) is 5.14. The number of carbonyl (C=O) groups excluding carboxylic acids is 1. The Balaban J connectivity index is 1.71. The minimum atomic E-state index is 0.0927. The number of aryl methyl sites for hydroxylation is 1. The molecule has 28 heavy (non-hydrogen) atoms. The molecule has 144 valence electrons. The normalized spacial score (nSPS) is 16.3. The number of para-hydroxylation sites is 1. The Morgan fingerprint density at radius 1 is 1.11 bits per heavy atom. The van der Waals surface area contributed by atoms with E-state index >= 15 is 0 Å². The summed E-state index contributed by atoms with van der Waals surface area (Å²) in [5.41, 5.74) is 10.7. The van der Waals surface area contributed by atoms with E-state index in [1.54, 1.807) is 0 Å². The molecule has 1 aliphatic heterocycles. The first kappa shape index (κ1) is 18.6. The van der Waals surface area contributed by atoms with Crippen LogP contribution in [0.4, 0.5) is 0 Å². The predicted molar refractivity (Wildman–Crippen MR) is 114 cm³/mol. The van der Waals surface area contributed by atoms with Crippen molar-refractivity contribution in [3.05, 3.63) is 65.7 Å². The van der Waals surface area contributed by atoms with Gasteiger partial charge in [0.1, 0.15) is 0 Å². The maximum Gasteiger partial charge on any atom is 0.254 e. The fraction of sp³-hybridized carbons (Fsp3) is 0.333. The lowest BCUT2D eigenvalue weighted by Crippen LogP contribution is -2.42. The minimum absolute atomic E-state index is 0.0927. The number of benzene rings is 2. The van der Waals surface area contributed by atoms with Gasteiger partial charge < -0.3 is 10.6 Å². The molecule has 2 N–H and O–H groups in total. The highest BCUT2D eigenvalue weighted by Gasteiger charge is 2.26. The van der Waals surface area contributed by atoms with Crippen molar-refractivity contribution in [3.8, 4) is 11.3 Å². The van der Waals surface area contributed by atoms with E-state index in [1.165, 1.54) is 5.56 Å². The van der Waals surface area contributed by atoms with Crippen LogP contribution in [0.25, 0.3) is 22.2 Å². The number of likely N-dealkylation sites (tertiary alicyclic amines) is 1. The van der Waals surface area contributed by atoms with Gasteiger partial charge in [-0.15, -0.1) is 0 Å². The van der Waals surface area contributed by atoms with E-state index < -0.39 is 0 Å². The number of piperidine rings is 1. The molecule has 1 amide bonds. The fourth-order valence-electron chi connectivity index (χ4n) is 4.02. The summed E-state index contributed by atoms with van der Waals surface area (Å²) in [6.45, 7) is 5.66. The van der Waals surface area contributed by atoms with Crippen molar-refractivity contribution in [2.45, 2.75) is 32.7 Å². The Bertz CT molecular complexity index is 986. The second kappa shape index (κ2) is 7.72. The van der Waals surface area contributed by atoms with Crippen LogP contribution in [0.15, 0.2) is 54.6 Å². The highest BCUT2D eigenvalue weighted by Crippen LogP contribution is 2.28. The van der Waals surface area contributed by atoms with Crippen LogP contribution in [0.5, 0.6) is 0 Å². The monoisotopic (exact) mass is 373 g/mol. The quantitative estimate of drug-likeness (QED) is 0.740. The molecular weight excluding hydrogens is 346 g/mol. The highest BCUT2D eigenvalue weighted by molar-refractivity contribution is 6.07. The van der Waals surface area contributed by atoms with Crippen LogP contribution in [0, 0.1) is 12.8 Å². The zero-order chi connectivity index (χ0) is 19.7. The smallest absolute Gasteiger partial charge is 0.254 e. The minimum Gasteiger partial charge on any atom is -0.339 e. The van der Waals surface area contributed by atoms with E-state index in [-0.39, 0.29) is 11.9 Å². The third-order valence-electron chi connectivity index (χ3n) is 5.86. The van der Waals surface area contributed by atoms with Crippen LogP contribution in [0.1, 0.15) is 35.7 Å². The van der Waals surface area contributed by atoms with Crippen molar-refractivity contribution in [3.63, 3.8) is 0 Å². The Labute approximate surface area is 166 Å². The summed E-state index contributed by atoms with van der Waals surface area (Å²) in [5, 5.41) is 0.915. The molecule has 0 bridgehead atoms. The number of aromatic nitrogens is 1. The van der Waals surface area contributed by atoms with Crippen molar-refractivity contribution in [2.24, 2.45) is 11.7 Å². The first-order chi connectivity index (χ1) is 13.5. The molecule has 3 aromatic rings.